The lowest BCUT2D eigenvalue weighted by atomic mass is 9.86. The number of carbonyl (C=O) groups excluding carboxylic acids is 4. The molecule has 4 atom stereocenters. The van der Waals surface area contributed by atoms with Crippen LogP contribution in [0, 0.1) is 0 Å². The largest absolute Gasteiger partial charge is 0.370 e. The lowest BCUT2D eigenvalue weighted by Gasteiger charge is -2.26. The number of nitrogens with one attached hydrogen (secondary N) is 3. The zero-order chi connectivity index (χ0) is 35.0. The third-order valence-electron chi connectivity index (χ3n) is 7.71. The Bertz CT molecular complexity index is 1320. The van der Waals surface area contributed by atoms with Crippen molar-refractivity contribution in [1.82, 2.24) is 16.0 Å². The van der Waals surface area contributed by atoms with Crippen LogP contribution < -0.4 is 44.6 Å². The first-order valence-electron chi connectivity index (χ1n) is 16.1. The van der Waals surface area contributed by atoms with Crippen LogP contribution in [0.5, 0.6) is 0 Å². The van der Waals surface area contributed by atoms with Crippen LogP contribution in [0.3, 0.4) is 0 Å². The highest BCUT2D eigenvalue weighted by Gasteiger charge is 2.30. The van der Waals surface area contributed by atoms with Gasteiger partial charge in [-0.1, -0.05) is 75.4 Å². The number of hydrogen-bond donors (Lipinski definition) is 8. The number of primary amides is 1. The van der Waals surface area contributed by atoms with Gasteiger partial charge in [0.1, 0.15) is 18.1 Å². The normalized spacial score (nSPS) is 13.8. The molecule has 0 radical (unpaired) electrons. The number of benzene rings is 2. The highest BCUT2D eigenvalue weighted by Crippen LogP contribution is 2.22. The van der Waals surface area contributed by atoms with E-state index in [9.17, 15) is 19.2 Å². The monoisotopic (exact) mass is 651 g/mol. The third kappa shape index (κ3) is 14.2. The summed E-state index contributed by atoms with van der Waals surface area (Å²) >= 11 is 0. The van der Waals surface area contributed by atoms with Crippen LogP contribution in [0.4, 0.5) is 0 Å². The zero-order valence-electron chi connectivity index (χ0n) is 27.8. The summed E-state index contributed by atoms with van der Waals surface area (Å²) in [5.74, 6) is -2.48. The first-order valence-corrected chi connectivity index (χ1v) is 16.1. The van der Waals surface area contributed by atoms with Gasteiger partial charge in [0.25, 0.3) is 0 Å². The standard InChI is InChI=1S/C34H53N9O4/c1-34(2,3)24-16-14-23(15-17-24)21-28(32(47)41-26(29(37)44)12-7-8-18-35)43-31(46)27(13-9-19-40-33(38)39)42-30(45)25(36)20-22-10-5-4-6-11-22/h4-6,10-11,14-17,25-28H,7-9,12-13,18-21,35-36H2,1-3H3,(H2,37,44)(H,41,47)(H,42,45)(H,43,46)(H4,38,39,40). The first kappa shape index (κ1) is 38.7. The molecule has 0 fully saturated rings. The maximum Gasteiger partial charge on any atom is 0.243 e. The number of carbonyl (C=O) groups is 4. The second kappa shape index (κ2) is 19.2. The summed E-state index contributed by atoms with van der Waals surface area (Å²) in [7, 11) is 0. The van der Waals surface area contributed by atoms with Crippen molar-refractivity contribution in [1.29, 1.82) is 0 Å². The number of unbranched alkanes of at least 4 members (excludes halogenated alkanes) is 1. The topological polar surface area (TPSA) is 247 Å². The number of amides is 4. The van der Waals surface area contributed by atoms with Crippen LogP contribution >= 0.6 is 0 Å². The summed E-state index contributed by atoms with van der Waals surface area (Å²) in [5.41, 5.74) is 31.0. The highest BCUT2D eigenvalue weighted by molar-refractivity contribution is 5.94. The minimum atomic E-state index is -1.09. The summed E-state index contributed by atoms with van der Waals surface area (Å²) in [5, 5.41) is 8.25. The molecule has 0 spiro atoms. The van der Waals surface area contributed by atoms with Crippen molar-refractivity contribution in [2.75, 3.05) is 13.1 Å². The molecule has 0 aliphatic heterocycles. The van der Waals surface area contributed by atoms with Crippen LogP contribution in [0.1, 0.15) is 69.6 Å². The van der Waals surface area contributed by atoms with Crippen LogP contribution in [-0.2, 0) is 37.4 Å². The van der Waals surface area contributed by atoms with Gasteiger partial charge in [-0.2, -0.15) is 0 Å². The molecule has 13 nitrogen and oxygen atoms in total. The lowest BCUT2D eigenvalue weighted by molar-refractivity contribution is -0.133. The molecule has 13 heteroatoms. The average molecular weight is 652 g/mol. The molecule has 0 saturated carbocycles. The zero-order valence-corrected chi connectivity index (χ0v) is 27.8. The molecular formula is C34H53N9O4. The van der Waals surface area contributed by atoms with E-state index >= 15 is 0 Å². The molecule has 0 saturated heterocycles. The fourth-order valence-electron chi connectivity index (χ4n) is 4.92. The second-order valence-corrected chi connectivity index (χ2v) is 12.8. The van der Waals surface area contributed by atoms with Crippen molar-refractivity contribution < 1.29 is 19.2 Å². The number of guanidine groups is 1. The molecule has 258 valence electrons. The molecule has 2 aromatic carbocycles. The van der Waals surface area contributed by atoms with E-state index in [1.165, 1.54) is 0 Å². The van der Waals surface area contributed by atoms with Crippen molar-refractivity contribution in [3.8, 4) is 0 Å². The van der Waals surface area contributed by atoms with Gasteiger partial charge in [-0.05, 0) is 67.2 Å². The summed E-state index contributed by atoms with van der Waals surface area (Å²) in [6.45, 7) is 6.96. The molecule has 2 rings (SSSR count). The van der Waals surface area contributed by atoms with Crippen LogP contribution in [0.25, 0.3) is 0 Å². The predicted molar refractivity (Wildman–Crippen MR) is 185 cm³/mol. The predicted octanol–water partition coefficient (Wildman–Crippen LogP) is 0.219. The van der Waals surface area contributed by atoms with Crippen molar-refractivity contribution in [2.45, 2.75) is 95.3 Å². The second-order valence-electron chi connectivity index (χ2n) is 12.8. The molecule has 0 aliphatic carbocycles. The Morgan fingerprint density at radius 2 is 1.26 bits per heavy atom. The Kier molecular flexibility index (Phi) is 15.8. The molecule has 0 aliphatic rings. The van der Waals surface area contributed by atoms with Crippen molar-refractivity contribution in [3.63, 3.8) is 0 Å². The number of nitrogens with two attached hydrogens (primary N) is 5. The van der Waals surface area contributed by atoms with E-state index in [1.807, 2.05) is 54.6 Å². The van der Waals surface area contributed by atoms with Gasteiger partial charge in [-0.25, -0.2) is 0 Å². The van der Waals surface area contributed by atoms with Gasteiger partial charge in [0, 0.05) is 13.0 Å². The Morgan fingerprint density at radius 1 is 0.702 bits per heavy atom. The highest BCUT2D eigenvalue weighted by atomic mass is 16.2. The molecule has 0 heterocycles. The molecule has 2 aromatic rings. The number of hydrogen-bond acceptors (Lipinski definition) is 7. The van der Waals surface area contributed by atoms with E-state index in [2.05, 4.69) is 41.7 Å². The van der Waals surface area contributed by atoms with E-state index in [1.54, 1.807) is 0 Å². The molecule has 0 aromatic heterocycles. The number of rotatable bonds is 19. The summed E-state index contributed by atoms with van der Waals surface area (Å²) in [4.78, 5) is 56.7. The van der Waals surface area contributed by atoms with E-state index in [0.717, 1.165) is 16.7 Å². The first-order chi connectivity index (χ1) is 22.2. The number of nitrogens with zero attached hydrogens (tertiary/aromatic N) is 1. The van der Waals surface area contributed by atoms with Crippen molar-refractivity contribution in [3.05, 3.63) is 71.3 Å². The molecule has 13 N–H and O–H groups in total. The van der Waals surface area contributed by atoms with Gasteiger partial charge in [0.05, 0.1) is 6.04 Å². The van der Waals surface area contributed by atoms with Gasteiger partial charge in [-0.15, -0.1) is 0 Å². The van der Waals surface area contributed by atoms with E-state index in [0.29, 0.717) is 32.2 Å². The summed E-state index contributed by atoms with van der Waals surface area (Å²) in [6, 6.07) is 13.0. The molecule has 47 heavy (non-hydrogen) atoms. The van der Waals surface area contributed by atoms with Crippen LogP contribution in [-0.4, -0.2) is 66.8 Å². The number of aliphatic imine (C=N–C) groups is 1. The van der Waals surface area contributed by atoms with Crippen LogP contribution in [0.15, 0.2) is 59.6 Å². The smallest absolute Gasteiger partial charge is 0.243 e. The minimum absolute atomic E-state index is 0.0762. The Hall–Kier alpha value is -4.49. The molecule has 0 bridgehead atoms. The Labute approximate surface area is 277 Å². The SMILES string of the molecule is CC(C)(C)c1ccc(CC(NC(=O)C(CCCN=C(N)N)NC(=O)C(N)Cc2ccccc2)C(=O)NC(CCCCN)C(N)=O)cc1. The quantitative estimate of drug-likeness (QED) is 0.0591. The summed E-state index contributed by atoms with van der Waals surface area (Å²) < 4.78 is 0. The minimum Gasteiger partial charge on any atom is -0.370 e. The molecule has 4 amide bonds. The van der Waals surface area contributed by atoms with E-state index < -0.39 is 47.8 Å². The van der Waals surface area contributed by atoms with Gasteiger partial charge in [0.15, 0.2) is 5.96 Å². The lowest BCUT2D eigenvalue weighted by Crippen LogP contribution is -2.58. The van der Waals surface area contributed by atoms with E-state index in [-0.39, 0.29) is 37.2 Å². The van der Waals surface area contributed by atoms with Crippen LogP contribution in [0.2, 0.25) is 0 Å². The Morgan fingerprint density at radius 3 is 1.83 bits per heavy atom. The summed E-state index contributed by atoms with van der Waals surface area (Å²) in [6.07, 6.45) is 2.48. The van der Waals surface area contributed by atoms with E-state index in [4.69, 9.17) is 28.7 Å². The Balaban J connectivity index is 2.31. The van der Waals surface area contributed by atoms with Gasteiger partial charge in [-0.3, -0.25) is 24.2 Å². The van der Waals surface area contributed by atoms with Gasteiger partial charge >= 0.3 is 0 Å². The fraction of sp³-hybridized carbons (Fsp3) is 0.500. The fourth-order valence-corrected chi connectivity index (χ4v) is 4.92. The molecule has 4 unspecified atom stereocenters. The van der Waals surface area contributed by atoms with Crippen molar-refractivity contribution in [2.24, 2.45) is 33.7 Å². The molecular weight excluding hydrogens is 598 g/mol. The third-order valence-corrected chi connectivity index (χ3v) is 7.71. The average Bonchev–Trinajstić information content (AvgIpc) is 3.01. The van der Waals surface area contributed by atoms with Gasteiger partial charge in [0.2, 0.25) is 23.6 Å². The van der Waals surface area contributed by atoms with Gasteiger partial charge < -0.3 is 44.6 Å². The maximum absolute atomic E-state index is 13.8. The van der Waals surface area contributed by atoms with Crippen molar-refractivity contribution >= 4 is 29.6 Å². The maximum atomic E-state index is 13.8.